The maximum Gasteiger partial charge on any atom is 0.197 e. The molecule has 5 heteroatoms. The van der Waals surface area contributed by atoms with Crippen LogP contribution in [0.2, 0.25) is 0 Å². The van der Waals surface area contributed by atoms with Gasteiger partial charge in [0.2, 0.25) is 0 Å². The van der Waals surface area contributed by atoms with Gasteiger partial charge in [-0.2, -0.15) is 0 Å². The first kappa shape index (κ1) is 15.0. The van der Waals surface area contributed by atoms with Crippen molar-refractivity contribution in [1.29, 1.82) is 0 Å². The zero-order valence-electron chi connectivity index (χ0n) is 12.2. The maximum atomic E-state index is 5.75. The number of nitrogens with zero attached hydrogens (tertiary/aromatic N) is 2. The van der Waals surface area contributed by atoms with Crippen molar-refractivity contribution in [3.8, 4) is 11.6 Å². The van der Waals surface area contributed by atoms with Gasteiger partial charge in [-0.1, -0.05) is 20.8 Å². The quantitative estimate of drug-likeness (QED) is 0.846. The van der Waals surface area contributed by atoms with Crippen LogP contribution in [-0.2, 0) is 12.8 Å². The van der Waals surface area contributed by atoms with Crippen molar-refractivity contribution in [3.05, 3.63) is 28.1 Å². The second-order valence-corrected chi connectivity index (χ2v) is 5.35. The molecule has 0 fully saturated rings. The molecule has 0 saturated carbocycles. The van der Waals surface area contributed by atoms with E-state index < -0.39 is 0 Å². The van der Waals surface area contributed by atoms with Crippen LogP contribution >= 0.6 is 15.9 Å². The Labute approximate surface area is 128 Å². The number of nitrogens with one attached hydrogen (secondary N) is 1. The van der Waals surface area contributed by atoms with Crippen molar-refractivity contribution in [3.63, 3.8) is 0 Å². The van der Waals surface area contributed by atoms with Crippen LogP contribution in [0.5, 0.6) is 0 Å². The molecule has 108 valence electrons. The normalized spacial score (nSPS) is 10.8. The van der Waals surface area contributed by atoms with Crippen molar-refractivity contribution in [2.24, 2.45) is 0 Å². The monoisotopic (exact) mass is 337 g/mol. The molecule has 2 aromatic rings. The molecule has 0 aliphatic heterocycles. The van der Waals surface area contributed by atoms with Crippen LogP contribution in [0.4, 0.5) is 5.82 Å². The first-order valence-corrected chi connectivity index (χ1v) is 7.88. The average Bonchev–Trinajstić information content (AvgIpc) is 2.95. The Morgan fingerprint density at radius 3 is 2.55 bits per heavy atom. The largest absolute Gasteiger partial charge is 0.458 e. The number of hydrogen-bond acceptors (Lipinski definition) is 4. The van der Waals surface area contributed by atoms with Gasteiger partial charge in [-0.15, -0.1) is 0 Å². The second kappa shape index (κ2) is 6.88. The van der Waals surface area contributed by atoms with E-state index in [9.17, 15) is 0 Å². The topological polar surface area (TPSA) is 51.0 Å². The second-order valence-electron chi connectivity index (χ2n) is 4.56. The van der Waals surface area contributed by atoms with Gasteiger partial charge in [-0.25, -0.2) is 9.97 Å². The van der Waals surface area contributed by atoms with Crippen LogP contribution in [0.3, 0.4) is 0 Å². The summed E-state index contributed by atoms with van der Waals surface area (Å²) in [6, 6.07) is 3.91. The van der Waals surface area contributed by atoms with E-state index in [1.54, 1.807) is 0 Å². The van der Waals surface area contributed by atoms with Gasteiger partial charge in [0.05, 0.1) is 10.2 Å². The fourth-order valence-electron chi connectivity index (χ4n) is 1.89. The van der Waals surface area contributed by atoms with E-state index in [2.05, 4.69) is 52.0 Å². The molecule has 0 amide bonds. The molecule has 0 saturated heterocycles. The molecular weight excluding hydrogens is 318 g/mol. The van der Waals surface area contributed by atoms with E-state index in [1.165, 1.54) is 0 Å². The van der Waals surface area contributed by atoms with Gasteiger partial charge in [0.15, 0.2) is 11.6 Å². The van der Waals surface area contributed by atoms with Crippen molar-refractivity contribution < 1.29 is 4.42 Å². The maximum absolute atomic E-state index is 5.75. The minimum Gasteiger partial charge on any atom is -0.458 e. The van der Waals surface area contributed by atoms with E-state index in [0.29, 0.717) is 5.82 Å². The molecule has 0 bridgehead atoms. The third-order valence-electron chi connectivity index (χ3n) is 3.03. The fraction of sp³-hybridized carbons (Fsp3) is 0.467. The highest BCUT2D eigenvalue weighted by molar-refractivity contribution is 9.10. The minimum absolute atomic E-state index is 0.642. The lowest BCUT2D eigenvalue weighted by Crippen LogP contribution is -2.07. The van der Waals surface area contributed by atoms with Gasteiger partial charge in [0.1, 0.15) is 11.6 Å². The van der Waals surface area contributed by atoms with Crippen LogP contribution < -0.4 is 5.32 Å². The molecule has 2 rings (SSSR count). The molecule has 2 aromatic heterocycles. The van der Waals surface area contributed by atoms with Gasteiger partial charge < -0.3 is 9.73 Å². The lowest BCUT2D eigenvalue weighted by atomic mass is 10.3. The lowest BCUT2D eigenvalue weighted by Gasteiger charge is -2.10. The van der Waals surface area contributed by atoms with E-state index >= 15 is 0 Å². The Morgan fingerprint density at radius 1 is 1.15 bits per heavy atom. The van der Waals surface area contributed by atoms with Gasteiger partial charge in [-0.05, 0) is 40.9 Å². The SMILES string of the molecule is CCCNc1nc(-c2ccc(CC)o2)nc(CC)c1Br. The number of rotatable bonds is 6. The number of aryl methyl sites for hydroxylation is 2. The Morgan fingerprint density at radius 2 is 1.95 bits per heavy atom. The Kier molecular flexibility index (Phi) is 5.17. The number of halogens is 1. The predicted molar refractivity (Wildman–Crippen MR) is 85.0 cm³/mol. The van der Waals surface area contributed by atoms with E-state index in [-0.39, 0.29) is 0 Å². The summed E-state index contributed by atoms with van der Waals surface area (Å²) >= 11 is 3.58. The molecule has 0 aliphatic rings. The smallest absolute Gasteiger partial charge is 0.197 e. The van der Waals surface area contributed by atoms with Gasteiger partial charge >= 0.3 is 0 Å². The van der Waals surface area contributed by atoms with Crippen LogP contribution in [0.25, 0.3) is 11.6 Å². The standard InChI is InChI=1S/C15H20BrN3O/c1-4-9-17-15-13(16)11(6-3)18-14(19-15)12-8-7-10(5-2)20-12/h7-8H,4-6,9H2,1-3H3,(H,17,18,19). The van der Waals surface area contributed by atoms with E-state index in [0.717, 1.165) is 53.3 Å². The lowest BCUT2D eigenvalue weighted by molar-refractivity contribution is 0.525. The Balaban J connectivity index is 2.42. The summed E-state index contributed by atoms with van der Waals surface area (Å²) in [5.41, 5.74) is 0.989. The molecule has 0 aliphatic carbocycles. The zero-order valence-corrected chi connectivity index (χ0v) is 13.7. The summed E-state index contributed by atoms with van der Waals surface area (Å²) in [5, 5.41) is 3.33. The number of furan rings is 1. The van der Waals surface area contributed by atoms with Gasteiger partial charge in [0, 0.05) is 13.0 Å². The highest BCUT2D eigenvalue weighted by Gasteiger charge is 2.14. The Bertz CT molecular complexity index is 580. The minimum atomic E-state index is 0.642. The molecule has 0 atom stereocenters. The number of aromatic nitrogens is 2. The van der Waals surface area contributed by atoms with E-state index in [1.807, 2.05) is 12.1 Å². The first-order chi connectivity index (χ1) is 9.69. The zero-order chi connectivity index (χ0) is 14.5. The molecule has 0 radical (unpaired) electrons. The van der Waals surface area contributed by atoms with Crippen LogP contribution in [0.1, 0.15) is 38.6 Å². The van der Waals surface area contributed by atoms with Crippen LogP contribution in [-0.4, -0.2) is 16.5 Å². The molecule has 0 unspecified atom stereocenters. The van der Waals surface area contributed by atoms with Gasteiger partial charge in [-0.3, -0.25) is 0 Å². The highest BCUT2D eigenvalue weighted by Crippen LogP contribution is 2.28. The van der Waals surface area contributed by atoms with Crippen LogP contribution in [0, 0.1) is 0 Å². The van der Waals surface area contributed by atoms with Crippen molar-refractivity contribution in [2.75, 3.05) is 11.9 Å². The van der Waals surface area contributed by atoms with E-state index in [4.69, 9.17) is 4.42 Å². The summed E-state index contributed by atoms with van der Waals surface area (Å²) in [5.74, 6) is 3.16. The van der Waals surface area contributed by atoms with Crippen LogP contribution in [0.15, 0.2) is 21.0 Å². The third-order valence-corrected chi connectivity index (χ3v) is 3.86. The number of anilines is 1. The average molecular weight is 338 g/mol. The third kappa shape index (κ3) is 3.20. The fourth-order valence-corrected chi connectivity index (χ4v) is 2.48. The highest BCUT2D eigenvalue weighted by atomic mass is 79.9. The molecule has 4 nitrogen and oxygen atoms in total. The van der Waals surface area contributed by atoms with Crippen molar-refractivity contribution in [2.45, 2.75) is 40.0 Å². The molecule has 0 aromatic carbocycles. The summed E-state index contributed by atoms with van der Waals surface area (Å²) < 4.78 is 6.69. The molecule has 2 heterocycles. The summed E-state index contributed by atoms with van der Waals surface area (Å²) in [4.78, 5) is 9.16. The Hall–Kier alpha value is -1.36. The van der Waals surface area contributed by atoms with Gasteiger partial charge in [0.25, 0.3) is 0 Å². The summed E-state index contributed by atoms with van der Waals surface area (Å²) in [7, 11) is 0. The molecule has 1 N–H and O–H groups in total. The first-order valence-electron chi connectivity index (χ1n) is 7.08. The predicted octanol–water partition coefficient (Wildman–Crippen LogP) is 4.45. The van der Waals surface area contributed by atoms with Crippen molar-refractivity contribution >= 4 is 21.7 Å². The summed E-state index contributed by atoms with van der Waals surface area (Å²) in [6.07, 6.45) is 2.77. The molecule has 20 heavy (non-hydrogen) atoms. The molecule has 0 spiro atoms. The van der Waals surface area contributed by atoms with Crippen molar-refractivity contribution in [1.82, 2.24) is 9.97 Å². The number of hydrogen-bond donors (Lipinski definition) is 1. The summed E-state index contributed by atoms with van der Waals surface area (Å²) in [6.45, 7) is 7.16. The molecular formula is C15H20BrN3O.